The normalized spacial score (nSPS) is 27.8. The molecule has 2 aliphatic carbocycles. The Morgan fingerprint density at radius 1 is 0.742 bits per heavy atom. The van der Waals surface area contributed by atoms with Gasteiger partial charge in [-0.1, -0.05) is 57.6 Å². The molecule has 1 nitrogen and oxygen atoms in total. The Morgan fingerprint density at radius 2 is 1.23 bits per heavy atom. The van der Waals surface area contributed by atoms with Crippen molar-refractivity contribution in [2.24, 2.45) is 23.7 Å². The molecule has 0 atom stereocenters. The van der Waals surface area contributed by atoms with Crippen LogP contribution >= 0.6 is 0 Å². The number of benzene rings is 1. The second-order valence-electron chi connectivity index (χ2n) is 9.65. The van der Waals surface area contributed by atoms with Crippen molar-refractivity contribution in [3.8, 4) is 5.75 Å². The maximum atomic E-state index is 13.0. The molecule has 176 valence electrons. The molecule has 6 heteroatoms. The van der Waals surface area contributed by atoms with E-state index in [9.17, 15) is 22.0 Å². The summed E-state index contributed by atoms with van der Waals surface area (Å²) in [5.74, 6) is 2.95. The van der Waals surface area contributed by atoms with E-state index in [1.165, 1.54) is 76.3 Å². The summed E-state index contributed by atoms with van der Waals surface area (Å²) in [7, 11) is 0. The van der Waals surface area contributed by atoms with E-state index in [4.69, 9.17) is 0 Å². The van der Waals surface area contributed by atoms with Gasteiger partial charge in [-0.05, 0) is 79.9 Å². The van der Waals surface area contributed by atoms with E-state index in [2.05, 4.69) is 11.7 Å². The van der Waals surface area contributed by atoms with E-state index in [0.29, 0.717) is 5.92 Å². The molecular weight excluding hydrogens is 411 g/mol. The van der Waals surface area contributed by atoms with Crippen LogP contribution in [0.4, 0.5) is 22.0 Å². The van der Waals surface area contributed by atoms with Gasteiger partial charge in [-0.3, -0.25) is 0 Å². The van der Waals surface area contributed by atoms with Gasteiger partial charge in [-0.25, -0.2) is 0 Å². The summed E-state index contributed by atoms with van der Waals surface area (Å²) in [6, 6.07) is 5.56. The quantitative estimate of drug-likeness (QED) is 0.363. The largest absolute Gasteiger partial charge is 0.499 e. The minimum Gasteiger partial charge on any atom is -0.426 e. The predicted octanol–water partition coefficient (Wildman–Crippen LogP) is 8.57. The third-order valence-electron chi connectivity index (χ3n) is 7.49. The van der Waals surface area contributed by atoms with Crippen LogP contribution in [0.15, 0.2) is 24.3 Å². The van der Waals surface area contributed by atoms with Gasteiger partial charge in [-0.2, -0.15) is 22.0 Å². The van der Waals surface area contributed by atoms with Gasteiger partial charge in [0.15, 0.2) is 0 Å². The summed E-state index contributed by atoms with van der Waals surface area (Å²) in [6.07, 6.45) is 4.39. The maximum absolute atomic E-state index is 13.0. The smallest absolute Gasteiger partial charge is 0.426 e. The highest BCUT2D eigenvalue weighted by Crippen LogP contribution is 2.43. The summed E-state index contributed by atoms with van der Waals surface area (Å²) in [5, 5.41) is 0. The Bertz CT molecular complexity index is 653. The maximum Gasteiger partial charge on any atom is 0.499 e. The zero-order chi connectivity index (χ0) is 22.5. The van der Waals surface area contributed by atoms with Gasteiger partial charge >= 0.3 is 12.3 Å². The minimum absolute atomic E-state index is 0.472. The fourth-order valence-electron chi connectivity index (χ4n) is 5.61. The van der Waals surface area contributed by atoms with Crippen LogP contribution in [0.5, 0.6) is 5.75 Å². The third kappa shape index (κ3) is 6.82. The first-order valence-electron chi connectivity index (χ1n) is 11.9. The zero-order valence-electron chi connectivity index (χ0n) is 18.4. The second kappa shape index (κ2) is 10.5. The molecular formula is C25H35F5O. The molecule has 0 unspecified atom stereocenters. The van der Waals surface area contributed by atoms with Crippen molar-refractivity contribution in [1.82, 2.24) is 0 Å². The molecule has 0 spiro atoms. The Hall–Kier alpha value is -1.33. The van der Waals surface area contributed by atoms with Crippen LogP contribution in [0, 0.1) is 23.7 Å². The molecule has 31 heavy (non-hydrogen) atoms. The lowest BCUT2D eigenvalue weighted by Gasteiger charge is -2.38. The first kappa shape index (κ1) is 24.3. The van der Waals surface area contributed by atoms with Gasteiger partial charge in [0.1, 0.15) is 5.75 Å². The Balaban J connectivity index is 1.38. The first-order chi connectivity index (χ1) is 14.7. The predicted molar refractivity (Wildman–Crippen MR) is 112 cm³/mol. The van der Waals surface area contributed by atoms with Gasteiger partial charge in [0.05, 0.1) is 0 Å². The fraction of sp³-hybridized carbons (Fsp3) is 0.760. The highest BCUT2D eigenvalue weighted by molar-refractivity contribution is 5.27. The fourth-order valence-corrected chi connectivity index (χ4v) is 5.61. The van der Waals surface area contributed by atoms with Crippen LogP contribution in [0.1, 0.15) is 83.1 Å². The first-order valence-corrected chi connectivity index (χ1v) is 11.9. The standard InChI is InChI=1S/C25H35F5O/c1-2-3-18-6-12-21(13-7-18)22-14-8-19(9-15-22)4-5-20-10-16-23(17-11-20)31-25(29,30)24(26,27)28/h10-11,16-19,21-22H,2-9,12-15H2,1H3/t18-,19?,21-,22?. The number of aryl methyl sites for hydroxylation is 1. The molecule has 2 aliphatic rings. The van der Waals surface area contributed by atoms with Crippen molar-refractivity contribution >= 4 is 0 Å². The lowest BCUT2D eigenvalue weighted by molar-refractivity contribution is -0.360. The van der Waals surface area contributed by atoms with Crippen LogP contribution < -0.4 is 4.74 Å². The van der Waals surface area contributed by atoms with Gasteiger partial charge in [0, 0.05) is 0 Å². The molecule has 0 aromatic heterocycles. The Kier molecular flexibility index (Phi) is 8.25. The summed E-state index contributed by atoms with van der Waals surface area (Å²) in [5.41, 5.74) is 0.944. The molecule has 0 N–H and O–H groups in total. The summed E-state index contributed by atoms with van der Waals surface area (Å²) < 4.78 is 66.5. The van der Waals surface area contributed by atoms with Crippen LogP contribution in [0.3, 0.4) is 0 Å². The van der Waals surface area contributed by atoms with Crippen molar-refractivity contribution in [2.45, 2.75) is 96.3 Å². The average Bonchev–Trinajstić information content (AvgIpc) is 2.73. The third-order valence-corrected chi connectivity index (χ3v) is 7.49. The Labute approximate surface area is 182 Å². The van der Waals surface area contributed by atoms with E-state index in [1.54, 1.807) is 12.1 Å². The lowest BCUT2D eigenvalue weighted by Crippen LogP contribution is -2.41. The molecule has 1 aromatic carbocycles. The van der Waals surface area contributed by atoms with E-state index >= 15 is 0 Å². The molecule has 3 rings (SSSR count). The molecule has 0 bridgehead atoms. The van der Waals surface area contributed by atoms with Crippen LogP contribution in [-0.2, 0) is 6.42 Å². The summed E-state index contributed by atoms with van der Waals surface area (Å²) >= 11 is 0. The molecule has 0 heterocycles. The Morgan fingerprint density at radius 3 is 1.68 bits per heavy atom. The molecule has 0 aliphatic heterocycles. The molecule has 0 radical (unpaired) electrons. The van der Waals surface area contributed by atoms with Crippen molar-refractivity contribution in [3.05, 3.63) is 29.8 Å². The van der Waals surface area contributed by atoms with E-state index < -0.39 is 18.0 Å². The number of halogens is 5. The molecule has 0 saturated heterocycles. The lowest BCUT2D eigenvalue weighted by atomic mass is 9.68. The number of hydrogen-bond acceptors (Lipinski definition) is 1. The summed E-state index contributed by atoms with van der Waals surface area (Å²) in [6.45, 7) is 2.28. The molecule has 0 amide bonds. The van der Waals surface area contributed by atoms with Crippen molar-refractivity contribution in [2.75, 3.05) is 0 Å². The van der Waals surface area contributed by atoms with Crippen molar-refractivity contribution in [1.29, 1.82) is 0 Å². The van der Waals surface area contributed by atoms with Crippen LogP contribution in [0.2, 0.25) is 0 Å². The monoisotopic (exact) mass is 446 g/mol. The van der Waals surface area contributed by atoms with E-state index in [0.717, 1.165) is 36.2 Å². The number of alkyl halides is 5. The second-order valence-corrected chi connectivity index (χ2v) is 9.65. The van der Waals surface area contributed by atoms with Crippen molar-refractivity contribution in [3.63, 3.8) is 0 Å². The van der Waals surface area contributed by atoms with Gasteiger partial charge in [-0.15, -0.1) is 0 Å². The average molecular weight is 447 g/mol. The molecule has 2 saturated carbocycles. The SMILES string of the molecule is CCC[C@H]1CC[C@H](C2CCC(CCc3ccc(OC(F)(F)C(F)(F)F)cc3)CC2)CC1. The topological polar surface area (TPSA) is 9.23 Å². The van der Waals surface area contributed by atoms with Gasteiger partial charge < -0.3 is 4.74 Å². The highest BCUT2D eigenvalue weighted by atomic mass is 19.4. The van der Waals surface area contributed by atoms with E-state index in [-0.39, 0.29) is 0 Å². The molecule has 1 aromatic rings. The minimum atomic E-state index is -5.72. The van der Waals surface area contributed by atoms with Gasteiger partial charge in [0.25, 0.3) is 0 Å². The van der Waals surface area contributed by atoms with Crippen LogP contribution in [-0.4, -0.2) is 12.3 Å². The zero-order valence-corrected chi connectivity index (χ0v) is 18.4. The highest BCUT2D eigenvalue weighted by Gasteiger charge is 2.61. The van der Waals surface area contributed by atoms with E-state index in [1.807, 2.05) is 0 Å². The number of rotatable bonds is 8. The van der Waals surface area contributed by atoms with Crippen molar-refractivity contribution < 1.29 is 26.7 Å². The van der Waals surface area contributed by atoms with Gasteiger partial charge in [0.2, 0.25) is 0 Å². The molecule has 2 fully saturated rings. The number of ether oxygens (including phenoxy) is 1. The summed E-state index contributed by atoms with van der Waals surface area (Å²) in [4.78, 5) is 0. The number of hydrogen-bond donors (Lipinski definition) is 0. The van der Waals surface area contributed by atoms with Crippen LogP contribution in [0.25, 0.3) is 0 Å².